The SMILES string of the molecule is CCOC(=O)c1c[nH]c(C(N)=O)c1-c1ccc(NC(=O)Nc2cc(F)cc(C(F)(F)F)c2)cc1. The molecular weight excluding hydrogens is 460 g/mol. The number of nitrogens with two attached hydrogens (primary N) is 1. The van der Waals surface area contributed by atoms with Gasteiger partial charge in [-0.3, -0.25) is 4.79 Å². The van der Waals surface area contributed by atoms with Gasteiger partial charge >= 0.3 is 18.2 Å². The summed E-state index contributed by atoms with van der Waals surface area (Å²) in [6.07, 6.45) is -3.49. The van der Waals surface area contributed by atoms with Crippen LogP contribution in [0.15, 0.2) is 48.7 Å². The van der Waals surface area contributed by atoms with Gasteiger partial charge in [0.25, 0.3) is 5.91 Å². The molecule has 12 heteroatoms. The minimum Gasteiger partial charge on any atom is -0.462 e. The fourth-order valence-electron chi connectivity index (χ4n) is 3.13. The quantitative estimate of drug-likeness (QED) is 0.301. The topological polar surface area (TPSA) is 126 Å². The molecule has 2 aromatic carbocycles. The fraction of sp³-hybridized carbons (Fsp3) is 0.136. The number of halogens is 4. The van der Waals surface area contributed by atoms with Crippen molar-refractivity contribution in [2.45, 2.75) is 13.1 Å². The molecule has 1 aromatic heterocycles. The zero-order valence-electron chi connectivity index (χ0n) is 17.5. The molecule has 5 N–H and O–H groups in total. The number of carbonyl (C=O) groups excluding carboxylic acids is 3. The Labute approximate surface area is 190 Å². The number of amides is 3. The molecule has 0 aliphatic rings. The number of primary amides is 1. The van der Waals surface area contributed by atoms with Crippen molar-refractivity contribution in [2.24, 2.45) is 5.73 Å². The van der Waals surface area contributed by atoms with Crippen LogP contribution in [0.2, 0.25) is 0 Å². The minimum atomic E-state index is -4.78. The summed E-state index contributed by atoms with van der Waals surface area (Å²) < 4.78 is 57.0. The number of hydrogen-bond donors (Lipinski definition) is 4. The molecule has 0 spiro atoms. The Morgan fingerprint density at radius 2 is 1.68 bits per heavy atom. The van der Waals surface area contributed by atoms with E-state index in [1.807, 2.05) is 0 Å². The van der Waals surface area contributed by atoms with E-state index in [9.17, 15) is 31.9 Å². The van der Waals surface area contributed by atoms with Gasteiger partial charge in [0.15, 0.2) is 0 Å². The molecule has 178 valence electrons. The fourth-order valence-corrected chi connectivity index (χ4v) is 3.13. The molecule has 0 saturated carbocycles. The van der Waals surface area contributed by atoms with Crippen molar-refractivity contribution in [1.29, 1.82) is 0 Å². The number of H-pyrrole nitrogens is 1. The average Bonchev–Trinajstić information content (AvgIpc) is 3.19. The number of nitrogens with one attached hydrogen (secondary N) is 3. The molecule has 3 aromatic rings. The third-order valence-electron chi connectivity index (χ3n) is 4.54. The van der Waals surface area contributed by atoms with E-state index in [0.717, 1.165) is 6.07 Å². The number of ether oxygens (including phenoxy) is 1. The Kier molecular flexibility index (Phi) is 6.89. The first-order valence-electron chi connectivity index (χ1n) is 9.74. The first-order valence-corrected chi connectivity index (χ1v) is 9.74. The number of aromatic amines is 1. The number of aromatic nitrogens is 1. The van der Waals surface area contributed by atoms with Crippen LogP contribution in [0.5, 0.6) is 0 Å². The van der Waals surface area contributed by atoms with E-state index in [1.165, 1.54) is 30.5 Å². The molecular formula is C22H18F4N4O4. The number of esters is 1. The molecule has 0 radical (unpaired) electrons. The molecule has 3 amide bonds. The maximum absolute atomic E-state index is 13.5. The Morgan fingerprint density at radius 3 is 2.26 bits per heavy atom. The number of hydrogen-bond acceptors (Lipinski definition) is 4. The van der Waals surface area contributed by atoms with Gasteiger partial charge in [0, 0.05) is 23.1 Å². The lowest BCUT2D eigenvalue weighted by molar-refractivity contribution is -0.137. The van der Waals surface area contributed by atoms with Gasteiger partial charge in [-0.25, -0.2) is 14.0 Å². The number of rotatable bonds is 6. The van der Waals surface area contributed by atoms with E-state index in [-0.39, 0.29) is 34.8 Å². The van der Waals surface area contributed by atoms with E-state index >= 15 is 0 Å². The predicted molar refractivity (Wildman–Crippen MR) is 115 cm³/mol. The molecule has 0 bridgehead atoms. The molecule has 0 aliphatic heterocycles. The summed E-state index contributed by atoms with van der Waals surface area (Å²) in [7, 11) is 0. The summed E-state index contributed by atoms with van der Waals surface area (Å²) in [5.74, 6) is -2.64. The maximum atomic E-state index is 13.5. The lowest BCUT2D eigenvalue weighted by atomic mass is 10.0. The summed E-state index contributed by atoms with van der Waals surface area (Å²) in [5.41, 5.74) is 4.64. The van der Waals surface area contributed by atoms with Crippen LogP contribution in [0.4, 0.5) is 33.7 Å². The van der Waals surface area contributed by atoms with Crippen molar-refractivity contribution in [3.63, 3.8) is 0 Å². The van der Waals surface area contributed by atoms with Crippen LogP contribution < -0.4 is 16.4 Å². The van der Waals surface area contributed by atoms with E-state index < -0.39 is 35.5 Å². The minimum absolute atomic E-state index is 0.0203. The molecule has 0 unspecified atom stereocenters. The Balaban J connectivity index is 1.79. The number of carbonyl (C=O) groups is 3. The van der Waals surface area contributed by atoms with Crippen LogP contribution in [-0.4, -0.2) is 29.5 Å². The van der Waals surface area contributed by atoms with Gasteiger partial charge in [0.1, 0.15) is 11.5 Å². The van der Waals surface area contributed by atoms with Crippen molar-refractivity contribution in [2.75, 3.05) is 17.2 Å². The van der Waals surface area contributed by atoms with Crippen molar-refractivity contribution in [3.8, 4) is 11.1 Å². The lowest BCUT2D eigenvalue weighted by Crippen LogP contribution is -2.20. The molecule has 3 rings (SSSR count). The van der Waals surface area contributed by atoms with Gasteiger partial charge in [0.05, 0.1) is 17.7 Å². The highest BCUT2D eigenvalue weighted by Gasteiger charge is 2.31. The van der Waals surface area contributed by atoms with Gasteiger partial charge in [0.2, 0.25) is 0 Å². The molecule has 8 nitrogen and oxygen atoms in total. The molecule has 1 heterocycles. The summed E-state index contributed by atoms with van der Waals surface area (Å²) >= 11 is 0. The summed E-state index contributed by atoms with van der Waals surface area (Å²) in [4.78, 5) is 38.8. The zero-order valence-corrected chi connectivity index (χ0v) is 17.5. The molecule has 0 aliphatic carbocycles. The predicted octanol–water partition coefficient (Wildman–Crippen LogP) is 4.76. The highest BCUT2D eigenvalue weighted by molar-refractivity contribution is 6.07. The molecule has 0 fully saturated rings. The van der Waals surface area contributed by atoms with Crippen molar-refractivity contribution < 1.29 is 36.7 Å². The molecule has 0 atom stereocenters. The van der Waals surface area contributed by atoms with Crippen molar-refractivity contribution in [1.82, 2.24) is 4.98 Å². The largest absolute Gasteiger partial charge is 0.462 e. The summed E-state index contributed by atoms with van der Waals surface area (Å²) in [6.45, 7) is 1.74. The van der Waals surface area contributed by atoms with E-state index in [2.05, 4.69) is 15.6 Å². The second-order valence-corrected chi connectivity index (χ2v) is 6.92. The Bertz CT molecular complexity index is 1240. The molecule has 34 heavy (non-hydrogen) atoms. The highest BCUT2D eigenvalue weighted by Crippen LogP contribution is 2.32. The molecule has 0 saturated heterocycles. The first-order chi connectivity index (χ1) is 16.0. The highest BCUT2D eigenvalue weighted by atomic mass is 19.4. The Hall–Kier alpha value is -4.35. The van der Waals surface area contributed by atoms with Gasteiger partial charge in [-0.15, -0.1) is 0 Å². The van der Waals surface area contributed by atoms with Crippen LogP contribution in [0, 0.1) is 5.82 Å². The van der Waals surface area contributed by atoms with Crippen molar-refractivity contribution >= 4 is 29.3 Å². The van der Waals surface area contributed by atoms with E-state index in [4.69, 9.17) is 10.5 Å². The summed E-state index contributed by atoms with van der Waals surface area (Å²) in [5, 5.41) is 4.52. The smallest absolute Gasteiger partial charge is 0.416 e. The second kappa shape index (κ2) is 9.65. The van der Waals surface area contributed by atoms with E-state index in [1.54, 1.807) is 6.92 Å². The number of benzene rings is 2. The third kappa shape index (κ3) is 5.52. The van der Waals surface area contributed by atoms with Gasteiger partial charge < -0.3 is 26.1 Å². The number of anilines is 2. The third-order valence-corrected chi connectivity index (χ3v) is 4.54. The second-order valence-electron chi connectivity index (χ2n) is 6.92. The number of urea groups is 1. The van der Waals surface area contributed by atoms with Gasteiger partial charge in [-0.2, -0.15) is 13.2 Å². The van der Waals surface area contributed by atoms with Crippen LogP contribution in [0.25, 0.3) is 11.1 Å². The van der Waals surface area contributed by atoms with Crippen LogP contribution in [0.3, 0.4) is 0 Å². The first kappa shape index (κ1) is 24.3. The van der Waals surface area contributed by atoms with Gasteiger partial charge in [-0.05, 0) is 42.8 Å². The average molecular weight is 478 g/mol. The maximum Gasteiger partial charge on any atom is 0.416 e. The van der Waals surface area contributed by atoms with Crippen molar-refractivity contribution in [3.05, 3.63) is 71.3 Å². The zero-order chi connectivity index (χ0) is 25.0. The van der Waals surface area contributed by atoms with Crippen LogP contribution in [0.1, 0.15) is 33.3 Å². The van der Waals surface area contributed by atoms with E-state index in [0.29, 0.717) is 17.7 Å². The lowest BCUT2D eigenvalue weighted by Gasteiger charge is -2.12. The normalized spacial score (nSPS) is 11.1. The summed E-state index contributed by atoms with van der Waals surface area (Å²) in [6, 6.07) is 6.55. The standard InChI is InChI=1S/C22H18F4N4O4/c1-2-34-20(32)16-10-28-18(19(27)31)17(16)11-3-5-14(6-4-11)29-21(33)30-15-8-12(22(24,25)26)7-13(23)9-15/h3-10,28H,2H2,1H3,(H2,27,31)(H2,29,30,33). The van der Waals surface area contributed by atoms with Crippen LogP contribution >= 0.6 is 0 Å². The Morgan fingerprint density at radius 1 is 1.03 bits per heavy atom. The monoisotopic (exact) mass is 478 g/mol. The van der Waals surface area contributed by atoms with Gasteiger partial charge in [-0.1, -0.05) is 12.1 Å². The van der Waals surface area contributed by atoms with Crippen LogP contribution in [-0.2, 0) is 10.9 Å². The number of alkyl halides is 3.